The molecule has 2 N–H and O–H groups in total. The number of rotatable bonds is 4. The third kappa shape index (κ3) is 4.44. The average Bonchev–Trinajstić information content (AvgIpc) is 2.16. The summed E-state index contributed by atoms with van der Waals surface area (Å²) in [6.07, 6.45) is 2.99. The summed E-state index contributed by atoms with van der Waals surface area (Å²) in [7, 11) is -3.49. The van der Waals surface area contributed by atoms with Crippen LogP contribution in [0.1, 0.15) is 19.3 Å². The van der Waals surface area contributed by atoms with Crippen molar-refractivity contribution >= 4 is 33.0 Å². The zero-order valence-corrected chi connectivity index (χ0v) is 10.6. The van der Waals surface area contributed by atoms with Gasteiger partial charge in [0.25, 0.3) is 0 Å². The Balaban J connectivity index is 2.52. The van der Waals surface area contributed by atoms with Crippen molar-refractivity contribution in [1.29, 1.82) is 0 Å². The highest BCUT2D eigenvalue weighted by Crippen LogP contribution is 2.09. The smallest absolute Gasteiger partial charge is 0.237 e. The molecule has 1 amide bonds. The Morgan fingerprint density at radius 2 is 1.75 bits per heavy atom. The first-order valence-corrected chi connectivity index (χ1v) is 7.40. The minimum Gasteiger partial charge on any atom is -0.392 e. The number of likely N-dealkylation sites (tertiary alicyclic amines) is 1. The summed E-state index contributed by atoms with van der Waals surface area (Å²) in [6, 6.07) is 0. The van der Waals surface area contributed by atoms with Gasteiger partial charge in [0.2, 0.25) is 5.91 Å². The van der Waals surface area contributed by atoms with Crippen molar-refractivity contribution in [2.45, 2.75) is 19.3 Å². The molecule has 0 aromatic rings. The van der Waals surface area contributed by atoms with E-state index in [2.05, 4.69) is 12.2 Å². The number of nitrogens with two attached hydrogens (primary N) is 1. The van der Waals surface area contributed by atoms with Crippen molar-refractivity contribution in [3.05, 3.63) is 0 Å². The molecule has 1 heterocycles. The van der Waals surface area contributed by atoms with Gasteiger partial charge >= 0.3 is 0 Å². The van der Waals surface area contributed by atoms with Gasteiger partial charge in [0, 0.05) is 13.1 Å². The van der Waals surface area contributed by atoms with E-state index in [4.69, 9.17) is 5.73 Å². The molecule has 1 rings (SSSR count). The molecule has 0 unspecified atom stereocenters. The molecule has 0 spiro atoms. The van der Waals surface area contributed by atoms with Gasteiger partial charge in [0.15, 0.2) is 9.84 Å². The van der Waals surface area contributed by atoms with E-state index in [-0.39, 0.29) is 16.6 Å². The lowest BCUT2D eigenvalue weighted by Gasteiger charge is -2.26. The van der Waals surface area contributed by atoms with Gasteiger partial charge in [-0.25, -0.2) is 8.42 Å². The van der Waals surface area contributed by atoms with Crippen molar-refractivity contribution in [3.63, 3.8) is 0 Å². The van der Waals surface area contributed by atoms with E-state index in [1.54, 1.807) is 4.90 Å². The molecule has 0 aliphatic carbocycles. The summed E-state index contributed by atoms with van der Waals surface area (Å²) in [4.78, 5) is 13.2. The Labute approximate surface area is 101 Å². The molecular formula is C9H16N2O3S2. The van der Waals surface area contributed by atoms with Crippen molar-refractivity contribution in [3.8, 4) is 0 Å². The number of nitrogens with zero attached hydrogens (tertiary/aromatic N) is 1. The predicted octanol–water partition coefficient (Wildman–Crippen LogP) is -0.300. The highest BCUT2D eigenvalue weighted by Gasteiger charge is 2.23. The van der Waals surface area contributed by atoms with Crippen LogP contribution in [0.5, 0.6) is 0 Å². The molecule has 0 radical (unpaired) electrons. The third-order valence-electron chi connectivity index (χ3n) is 2.41. The van der Waals surface area contributed by atoms with Gasteiger partial charge in [-0.1, -0.05) is 12.2 Å². The van der Waals surface area contributed by atoms with E-state index in [0.29, 0.717) is 13.1 Å². The SMILES string of the molecule is NC(=S)CS(=O)(=O)CC(=O)N1CCCCC1. The fraction of sp³-hybridized carbons (Fsp3) is 0.778. The average molecular weight is 264 g/mol. The predicted molar refractivity (Wildman–Crippen MR) is 65.9 cm³/mol. The van der Waals surface area contributed by atoms with Crippen LogP contribution < -0.4 is 5.73 Å². The lowest BCUT2D eigenvalue weighted by Crippen LogP contribution is -2.40. The van der Waals surface area contributed by atoms with Gasteiger partial charge in [-0.15, -0.1) is 0 Å². The standard InChI is InChI=1S/C9H16N2O3S2/c10-8(15)6-16(13,14)7-9(12)11-4-2-1-3-5-11/h1-7H2,(H2,10,15). The van der Waals surface area contributed by atoms with Crippen molar-refractivity contribution in [1.82, 2.24) is 4.90 Å². The summed E-state index contributed by atoms with van der Waals surface area (Å²) in [5.74, 6) is -1.21. The summed E-state index contributed by atoms with van der Waals surface area (Å²) in [6.45, 7) is 1.31. The Morgan fingerprint density at radius 3 is 2.25 bits per heavy atom. The molecule has 16 heavy (non-hydrogen) atoms. The van der Waals surface area contributed by atoms with Crippen molar-refractivity contribution in [2.75, 3.05) is 24.6 Å². The molecule has 1 saturated heterocycles. The first-order valence-electron chi connectivity index (χ1n) is 5.17. The second kappa shape index (κ2) is 5.58. The van der Waals surface area contributed by atoms with E-state index >= 15 is 0 Å². The van der Waals surface area contributed by atoms with Gasteiger partial charge in [-0.3, -0.25) is 4.79 Å². The van der Waals surface area contributed by atoms with Gasteiger partial charge in [0.1, 0.15) is 11.5 Å². The monoisotopic (exact) mass is 264 g/mol. The third-order valence-corrected chi connectivity index (χ3v) is 4.18. The maximum Gasteiger partial charge on any atom is 0.237 e. The number of carbonyl (C=O) groups excluding carboxylic acids is 1. The van der Waals surface area contributed by atoms with E-state index in [0.717, 1.165) is 19.3 Å². The number of carbonyl (C=O) groups is 1. The fourth-order valence-electron chi connectivity index (χ4n) is 1.69. The first-order chi connectivity index (χ1) is 7.41. The highest BCUT2D eigenvalue weighted by atomic mass is 32.2. The number of hydrogen-bond acceptors (Lipinski definition) is 4. The number of hydrogen-bond donors (Lipinski definition) is 1. The molecule has 1 aliphatic heterocycles. The van der Waals surface area contributed by atoms with Crippen LogP contribution >= 0.6 is 12.2 Å². The molecule has 0 bridgehead atoms. The quantitative estimate of drug-likeness (QED) is 0.705. The number of piperidine rings is 1. The van der Waals surface area contributed by atoms with Crippen LogP contribution in [0.25, 0.3) is 0 Å². The van der Waals surface area contributed by atoms with Crippen LogP contribution in [0.2, 0.25) is 0 Å². The topological polar surface area (TPSA) is 80.5 Å². The van der Waals surface area contributed by atoms with Crippen LogP contribution in [0, 0.1) is 0 Å². The van der Waals surface area contributed by atoms with Crippen LogP contribution in [-0.4, -0.2) is 48.8 Å². The minimum absolute atomic E-state index is 0.0913. The molecule has 5 nitrogen and oxygen atoms in total. The Morgan fingerprint density at radius 1 is 1.19 bits per heavy atom. The van der Waals surface area contributed by atoms with Crippen LogP contribution in [0.4, 0.5) is 0 Å². The lowest BCUT2D eigenvalue weighted by molar-refractivity contribution is -0.129. The second-order valence-electron chi connectivity index (χ2n) is 3.94. The first kappa shape index (κ1) is 13.4. The highest BCUT2D eigenvalue weighted by molar-refractivity contribution is 7.94. The molecule has 1 aliphatic rings. The summed E-state index contributed by atoms with van der Waals surface area (Å²) < 4.78 is 23.0. The number of sulfone groups is 1. The molecule has 0 saturated carbocycles. The summed E-state index contributed by atoms with van der Waals surface area (Å²) in [5, 5.41) is 0. The number of amides is 1. The molecule has 1 fully saturated rings. The van der Waals surface area contributed by atoms with Gasteiger partial charge in [-0.05, 0) is 19.3 Å². The molecule has 92 valence electrons. The minimum atomic E-state index is -3.49. The van der Waals surface area contributed by atoms with Gasteiger partial charge in [0.05, 0.1) is 4.99 Å². The van der Waals surface area contributed by atoms with E-state index in [1.807, 2.05) is 0 Å². The van der Waals surface area contributed by atoms with Crippen LogP contribution in [0.3, 0.4) is 0 Å². The molecule has 0 atom stereocenters. The van der Waals surface area contributed by atoms with Crippen molar-refractivity contribution < 1.29 is 13.2 Å². The molecule has 0 aromatic heterocycles. The zero-order valence-electron chi connectivity index (χ0n) is 9.02. The van der Waals surface area contributed by atoms with Gasteiger partial charge in [-0.2, -0.15) is 0 Å². The van der Waals surface area contributed by atoms with E-state index in [1.165, 1.54) is 0 Å². The van der Waals surface area contributed by atoms with Crippen LogP contribution in [-0.2, 0) is 14.6 Å². The number of thiocarbonyl (C=S) groups is 1. The van der Waals surface area contributed by atoms with E-state index < -0.39 is 15.6 Å². The maximum absolute atomic E-state index is 11.7. The molecule has 0 aromatic carbocycles. The largest absolute Gasteiger partial charge is 0.392 e. The lowest BCUT2D eigenvalue weighted by atomic mass is 10.1. The van der Waals surface area contributed by atoms with Crippen LogP contribution in [0.15, 0.2) is 0 Å². The second-order valence-corrected chi connectivity index (χ2v) is 6.53. The summed E-state index contributed by atoms with van der Waals surface area (Å²) >= 11 is 4.53. The Kier molecular flexibility index (Phi) is 4.67. The Bertz CT molecular complexity index is 372. The Hall–Kier alpha value is -0.690. The van der Waals surface area contributed by atoms with Crippen molar-refractivity contribution in [2.24, 2.45) is 5.73 Å². The van der Waals surface area contributed by atoms with E-state index in [9.17, 15) is 13.2 Å². The summed E-state index contributed by atoms with van der Waals surface area (Å²) in [5.41, 5.74) is 5.16. The molecular weight excluding hydrogens is 248 g/mol. The van der Waals surface area contributed by atoms with Gasteiger partial charge < -0.3 is 10.6 Å². The molecule has 7 heteroatoms. The maximum atomic E-state index is 11.7. The zero-order chi connectivity index (χ0) is 12.2. The normalized spacial score (nSPS) is 17.1. The fourth-order valence-corrected chi connectivity index (χ4v) is 3.32.